The highest BCUT2D eigenvalue weighted by Crippen LogP contribution is 2.20. The fourth-order valence-electron chi connectivity index (χ4n) is 1.28. The normalized spacial score (nSPS) is 10.7. The minimum absolute atomic E-state index is 0.00287. The van der Waals surface area contributed by atoms with Gasteiger partial charge in [-0.1, -0.05) is 4.48 Å². The van der Waals surface area contributed by atoms with Gasteiger partial charge in [0.1, 0.15) is 0 Å². The zero-order valence-corrected chi connectivity index (χ0v) is 6.87. The number of hydrogen-bond acceptors (Lipinski definition) is 1. The van der Waals surface area contributed by atoms with Gasteiger partial charge in [-0.2, -0.15) is 9.18 Å². The standard InChI is InChI=1S/C9H5F2NO2/c10-8-4-6-3-5(9(13)14)1-2-7(6)12(8)11/h1-4H,(H,13,14). The average molecular weight is 197 g/mol. The molecule has 2 aromatic rings. The van der Waals surface area contributed by atoms with Gasteiger partial charge in [-0.15, -0.1) is 0 Å². The van der Waals surface area contributed by atoms with E-state index in [2.05, 4.69) is 0 Å². The maximum Gasteiger partial charge on any atom is 0.335 e. The van der Waals surface area contributed by atoms with Gasteiger partial charge in [0.25, 0.3) is 0 Å². The molecule has 0 amide bonds. The number of rotatable bonds is 1. The summed E-state index contributed by atoms with van der Waals surface area (Å²) in [5.41, 5.74) is 0.0237. The van der Waals surface area contributed by atoms with Crippen LogP contribution in [0.15, 0.2) is 24.3 Å². The van der Waals surface area contributed by atoms with Crippen molar-refractivity contribution in [1.82, 2.24) is 4.79 Å². The van der Waals surface area contributed by atoms with E-state index >= 15 is 0 Å². The van der Waals surface area contributed by atoms with Gasteiger partial charge < -0.3 is 5.11 Å². The summed E-state index contributed by atoms with van der Waals surface area (Å²) in [5, 5.41) is 8.85. The summed E-state index contributed by atoms with van der Waals surface area (Å²) < 4.78 is 25.6. The lowest BCUT2D eigenvalue weighted by molar-refractivity contribution is 0.0697. The van der Waals surface area contributed by atoms with Crippen LogP contribution in [0.2, 0.25) is 0 Å². The molecule has 72 valence electrons. The third-order valence-corrected chi connectivity index (χ3v) is 1.95. The lowest BCUT2D eigenvalue weighted by Gasteiger charge is -1.94. The molecular weight excluding hydrogens is 192 g/mol. The van der Waals surface area contributed by atoms with E-state index < -0.39 is 11.9 Å². The molecular formula is C9H5F2NO2. The van der Waals surface area contributed by atoms with Crippen LogP contribution in [-0.2, 0) is 0 Å². The first-order chi connectivity index (χ1) is 6.59. The van der Waals surface area contributed by atoms with Crippen molar-refractivity contribution in [2.45, 2.75) is 0 Å². The van der Waals surface area contributed by atoms with Crippen molar-refractivity contribution < 1.29 is 18.8 Å². The van der Waals surface area contributed by atoms with Crippen LogP contribution in [0.1, 0.15) is 10.4 Å². The maximum absolute atomic E-state index is 12.9. The molecule has 0 radical (unpaired) electrons. The number of fused-ring (bicyclic) bond motifs is 1. The van der Waals surface area contributed by atoms with Crippen LogP contribution >= 0.6 is 0 Å². The van der Waals surface area contributed by atoms with Crippen LogP contribution in [0.5, 0.6) is 0 Å². The predicted octanol–water partition coefficient (Wildman–Crippen LogP) is 2.21. The molecule has 2 rings (SSSR count). The van der Waals surface area contributed by atoms with Crippen molar-refractivity contribution in [3.05, 3.63) is 35.8 Å². The molecule has 1 aromatic carbocycles. The van der Waals surface area contributed by atoms with Crippen molar-refractivity contribution in [3.8, 4) is 0 Å². The van der Waals surface area contributed by atoms with Crippen LogP contribution in [0.3, 0.4) is 0 Å². The first-order valence-corrected chi connectivity index (χ1v) is 3.80. The van der Waals surface area contributed by atoms with Gasteiger partial charge in [0, 0.05) is 11.5 Å². The highest BCUT2D eigenvalue weighted by Gasteiger charge is 2.10. The Hall–Kier alpha value is -1.91. The molecule has 0 saturated carbocycles. The summed E-state index contributed by atoms with van der Waals surface area (Å²) in [6.45, 7) is 0. The molecule has 0 saturated heterocycles. The molecule has 1 heterocycles. The molecule has 0 unspecified atom stereocenters. The average Bonchev–Trinajstić information content (AvgIpc) is 2.42. The van der Waals surface area contributed by atoms with Gasteiger partial charge >= 0.3 is 5.97 Å². The first-order valence-electron chi connectivity index (χ1n) is 3.80. The number of carboxylic acid groups (broad SMARTS) is 1. The first kappa shape index (κ1) is 8.68. The largest absolute Gasteiger partial charge is 0.478 e. The number of hydrogen-bond donors (Lipinski definition) is 1. The van der Waals surface area contributed by atoms with E-state index in [1.165, 1.54) is 18.2 Å². The monoisotopic (exact) mass is 197 g/mol. The van der Waals surface area contributed by atoms with Crippen LogP contribution in [0, 0.1) is 5.95 Å². The lowest BCUT2D eigenvalue weighted by Crippen LogP contribution is -1.95. The second-order valence-corrected chi connectivity index (χ2v) is 2.83. The van der Waals surface area contributed by atoms with Crippen molar-refractivity contribution in [1.29, 1.82) is 0 Å². The van der Waals surface area contributed by atoms with Crippen LogP contribution in [-0.4, -0.2) is 15.9 Å². The van der Waals surface area contributed by atoms with Crippen LogP contribution in [0.4, 0.5) is 8.87 Å². The smallest absolute Gasteiger partial charge is 0.335 e. The lowest BCUT2D eigenvalue weighted by atomic mass is 10.1. The molecule has 0 bridgehead atoms. The number of carboxylic acids is 1. The minimum Gasteiger partial charge on any atom is -0.478 e. The Kier molecular flexibility index (Phi) is 1.73. The molecule has 0 atom stereocenters. The number of aromatic nitrogens is 1. The minimum atomic E-state index is -1.13. The SMILES string of the molecule is O=C(O)c1ccc2c(c1)cc(F)n2F. The van der Waals surface area contributed by atoms with E-state index in [9.17, 15) is 13.7 Å². The van der Waals surface area contributed by atoms with Gasteiger partial charge in [-0.3, -0.25) is 0 Å². The summed E-state index contributed by atoms with van der Waals surface area (Å²) in [4.78, 5) is 10.4. The maximum atomic E-state index is 12.9. The number of halogens is 2. The summed E-state index contributed by atoms with van der Waals surface area (Å²) in [6, 6.07) is 4.61. The van der Waals surface area contributed by atoms with Gasteiger partial charge in [0.2, 0.25) is 5.95 Å². The van der Waals surface area contributed by atoms with Crippen molar-refractivity contribution >= 4 is 16.9 Å². The number of benzene rings is 1. The van der Waals surface area contributed by atoms with Gasteiger partial charge in [-0.05, 0) is 18.2 Å². The predicted molar refractivity (Wildman–Crippen MR) is 45.4 cm³/mol. The van der Waals surface area contributed by atoms with Crippen LogP contribution < -0.4 is 0 Å². The zero-order chi connectivity index (χ0) is 10.3. The molecule has 14 heavy (non-hydrogen) atoms. The topological polar surface area (TPSA) is 42.2 Å². The second kappa shape index (κ2) is 2.80. The van der Waals surface area contributed by atoms with Crippen molar-refractivity contribution in [2.75, 3.05) is 0 Å². The number of nitrogens with zero attached hydrogens (tertiary/aromatic N) is 1. The quantitative estimate of drug-likeness (QED) is 0.761. The highest BCUT2D eigenvalue weighted by atomic mass is 19.2. The molecule has 0 fully saturated rings. The zero-order valence-electron chi connectivity index (χ0n) is 6.87. The van der Waals surface area contributed by atoms with Crippen molar-refractivity contribution in [2.24, 2.45) is 0 Å². The Morgan fingerprint density at radius 1 is 1.36 bits per heavy atom. The van der Waals surface area contributed by atoms with E-state index in [4.69, 9.17) is 5.11 Å². The third-order valence-electron chi connectivity index (χ3n) is 1.95. The Labute approximate surface area is 77.1 Å². The van der Waals surface area contributed by atoms with Crippen LogP contribution in [0.25, 0.3) is 10.9 Å². The number of carbonyl (C=O) groups is 1. The number of aromatic carboxylic acids is 1. The molecule has 0 aliphatic carbocycles. The molecule has 0 aliphatic heterocycles. The van der Waals surface area contributed by atoms with E-state index in [0.29, 0.717) is 0 Å². The summed E-state index contributed by atoms with van der Waals surface area (Å²) in [6.07, 6.45) is 0. The Bertz CT molecular complexity index is 519. The summed E-state index contributed by atoms with van der Waals surface area (Å²) in [5.74, 6) is -2.17. The molecule has 1 aromatic heterocycles. The third kappa shape index (κ3) is 1.14. The van der Waals surface area contributed by atoms with Gasteiger partial charge in [0.15, 0.2) is 0 Å². The second-order valence-electron chi connectivity index (χ2n) is 2.83. The van der Waals surface area contributed by atoms with Crippen molar-refractivity contribution in [3.63, 3.8) is 0 Å². The Morgan fingerprint density at radius 3 is 2.71 bits per heavy atom. The molecule has 3 nitrogen and oxygen atoms in total. The van der Waals surface area contributed by atoms with E-state index in [0.717, 1.165) is 6.07 Å². The molecule has 0 aliphatic rings. The Morgan fingerprint density at radius 2 is 2.07 bits per heavy atom. The fraction of sp³-hybridized carbons (Fsp3) is 0. The van der Waals surface area contributed by atoms with E-state index in [-0.39, 0.29) is 21.3 Å². The molecule has 1 N–H and O–H groups in total. The Balaban J connectivity index is 2.73. The van der Waals surface area contributed by atoms with E-state index in [1.807, 2.05) is 0 Å². The van der Waals surface area contributed by atoms with Gasteiger partial charge in [-0.25, -0.2) is 4.79 Å². The van der Waals surface area contributed by atoms with E-state index in [1.54, 1.807) is 0 Å². The highest BCUT2D eigenvalue weighted by molar-refractivity contribution is 5.93. The van der Waals surface area contributed by atoms with Gasteiger partial charge in [0.05, 0.1) is 11.1 Å². The fourth-order valence-corrected chi connectivity index (χ4v) is 1.28. The molecule has 0 spiro atoms. The summed E-state index contributed by atoms with van der Waals surface area (Å²) >= 11 is 0. The molecule has 5 heteroatoms. The summed E-state index contributed by atoms with van der Waals surface area (Å²) in [7, 11) is 0.